The van der Waals surface area contributed by atoms with Gasteiger partial charge in [0.25, 0.3) is 17.5 Å². The van der Waals surface area contributed by atoms with Crippen molar-refractivity contribution in [3.8, 4) is 29.1 Å². The molecule has 0 aromatic heterocycles. The van der Waals surface area contributed by atoms with Crippen molar-refractivity contribution in [2.24, 2.45) is 0 Å². The molecule has 6 aromatic rings. The molecule has 4 unspecified atom stereocenters. The molecule has 20 nitrogen and oxygen atoms in total. The van der Waals surface area contributed by atoms with Crippen LogP contribution in [0.2, 0.25) is 18.1 Å². The van der Waals surface area contributed by atoms with E-state index in [4.69, 9.17) is 33.7 Å². The van der Waals surface area contributed by atoms with Gasteiger partial charge in [0.15, 0.2) is 18.9 Å². The molecule has 0 radical (unpaired) electrons. The maximum atomic E-state index is 13.6. The number of para-hydroxylation sites is 4. The number of benzene rings is 6. The average Bonchev–Trinajstić information content (AvgIpc) is 3.53. The number of halogens is 1. The highest BCUT2D eigenvalue weighted by atomic mass is 79.9. The largest absolute Gasteiger partial charge is 0.481 e. The van der Waals surface area contributed by atoms with E-state index in [-0.39, 0.29) is 59.3 Å². The smallest absolute Gasteiger partial charge is 0.355 e. The first-order chi connectivity index (χ1) is 39.3. The molecule has 84 heavy (non-hydrogen) atoms. The molecule has 0 spiro atoms. The van der Waals surface area contributed by atoms with E-state index in [0.29, 0.717) is 41.4 Å². The van der Waals surface area contributed by atoms with Crippen LogP contribution in [0, 0.1) is 31.6 Å². The van der Waals surface area contributed by atoms with Gasteiger partial charge in [-0.15, -0.1) is 0 Å². The van der Waals surface area contributed by atoms with Gasteiger partial charge >= 0.3 is 23.9 Å². The number of ether oxygens (including phenoxy) is 5. The van der Waals surface area contributed by atoms with Gasteiger partial charge in [-0.1, -0.05) is 130 Å². The standard InChI is InChI=1S/C32H37NO9Si.C16H13BrO4.C11H13NO4.C2H3N.CH4/c1-32(2,3)43(5,6)40-21-20-26(25-14-10-11-15-27(25)33(37)38)30(35)42-29(31(36)39-4)28(34)22-16-18-24(19-17-22)41-23-12-8-7-9-13-23;1-20-16(19)14(17)15(18)11-7-9-13(10-8-11)21-12-5-3-2-4-6-12;1-2-5-9(11(13)14)8-6-3-4-7-10(8)12(15)16;1-2-3;/h7-19,26,29H,20-21H2,1-6H3;2-10,14H,1H3;3-4,6-7,9H,2,5H2,1H3,(H,13,14);1H3;1H4. The van der Waals surface area contributed by atoms with Gasteiger partial charge in [-0.05, 0) is 104 Å². The summed E-state index contributed by atoms with van der Waals surface area (Å²) in [6, 6.07) is 44.5. The predicted molar refractivity (Wildman–Crippen MR) is 321 cm³/mol. The van der Waals surface area contributed by atoms with Crippen molar-refractivity contribution in [1.82, 2.24) is 0 Å². The number of ketones is 2. The zero-order chi connectivity index (χ0) is 61.9. The first-order valence-corrected chi connectivity index (χ1v) is 29.6. The number of nitriles is 1. The Hall–Kier alpha value is -8.91. The fourth-order valence-electron chi connectivity index (χ4n) is 7.29. The normalized spacial score (nSPS) is 11.9. The highest BCUT2D eigenvalue weighted by molar-refractivity contribution is 9.10. The highest BCUT2D eigenvalue weighted by Gasteiger charge is 2.40. The Morgan fingerprint density at radius 2 is 0.988 bits per heavy atom. The lowest BCUT2D eigenvalue weighted by Gasteiger charge is -2.36. The Balaban J connectivity index is 0.000000484. The van der Waals surface area contributed by atoms with E-state index >= 15 is 0 Å². The first kappa shape index (κ1) is 71.2. The highest BCUT2D eigenvalue weighted by Crippen LogP contribution is 2.38. The molecule has 0 aliphatic rings. The molecular weight excluding hydrogens is 1170 g/mol. The number of hydrogen-bond donors (Lipinski definition) is 1. The Labute approximate surface area is 498 Å². The van der Waals surface area contributed by atoms with Gasteiger partial charge in [0.2, 0.25) is 5.78 Å². The number of nitrogens with zero attached hydrogens (tertiary/aromatic N) is 3. The summed E-state index contributed by atoms with van der Waals surface area (Å²) >= 11 is 3.02. The van der Waals surface area contributed by atoms with Gasteiger partial charge in [0.1, 0.15) is 23.0 Å². The Kier molecular flexibility index (Phi) is 29.8. The first-order valence-electron chi connectivity index (χ1n) is 25.7. The second-order valence-electron chi connectivity index (χ2n) is 19.3. The van der Waals surface area contributed by atoms with E-state index < -0.39 is 70.6 Å². The molecule has 446 valence electrons. The molecule has 4 atom stereocenters. The van der Waals surface area contributed by atoms with Crippen LogP contribution in [0.1, 0.15) is 105 Å². The van der Waals surface area contributed by atoms with Gasteiger partial charge in [-0.2, -0.15) is 5.26 Å². The summed E-state index contributed by atoms with van der Waals surface area (Å²) in [5.41, 5.74) is 0.446. The molecule has 0 saturated heterocycles. The molecule has 6 rings (SSSR count). The fraction of sp³-hybridized carbons (Fsp3) is 0.306. The second kappa shape index (κ2) is 35.2. The van der Waals surface area contributed by atoms with Crippen LogP contribution in [-0.4, -0.2) is 90.5 Å². The van der Waals surface area contributed by atoms with Crippen LogP contribution in [0.4, 0.5) is 11.4 Å². The Bertz CT molecular complexity index is 3170. The van der Waals surface area contributed by atoms with Crippen LogP contribution in [0.3, 0.4) is 0 Å². The number of carboxylic acid groups (broad SMARTS) is 1. The number of methoxy groups -OCH3 is 2. The van der Waals surface area contributed by atoms with Crippen molar-refractivity contribution < 1.29 is 71.8 Å². The maximum Gasteiger partial charge on any atom is 0.355 e. The summed E-state index contributed by atoms with van der Waals surface area (Å²) in [6.07, 6.45) is -0.822. The van der Waals surface area contributed by atoms with E-state index in [9.17, 15) is 49.0 Å². The summed E-state index contributed by atoms with van der Waals surface area (Å²) in [7, 11) is 0.0914. The van der Waals surface area contributed by atoms with E-state index in [0.717, 1.165) is 7.11 Å². The summed E-state index contributed by atoms with van der Waals surface area (Å²) in [5, 5.41) is 38.8. The van der Waals surface area contributed by atoms with Gasteiger partial charge in [0.05, 0.1) is 42.0 Å². The molecule has 0 heterocycles. The van der Waals surface area contributed by atoms with Crippen LogP contribution >= 0.6 is 15.9 Å². The molecule has 6 aromatic carbocycles. The summed E-state index contributed by atoms with van der Waals surface area (Å²) < 4.78 is 32.4. The van der Waals surface area contributed by atoms with Crippen LogP contribution in [0.15, 0.2) is 158 Å². The third-order valence-corrected chi connectivity index (χ3v) is 17.9. The monoisotopic (exact) mass is 1240 g/mol. The van der Waals surface area contributed by atoms with E-state index in [1.807, 2.05) is 68.5 Å². The molecule has 0 amide bonds. The molecule has 0 aliphatic carbocycles. The summed E-state index contributed by atoms with van der Waals surface area (Å²) in [6.45, 7) is 13.7. The fourth-order valence-corrected chi connectivity index (χ4v) is 8.80. The molecule has 0 saturated carbocycles. The average molecular weight is 1240 g/mol. The van der Waals surface area contributed by atoms with Gasteiger partial charge < -0.3 is 33.2 Å². The van der Waals surface area contributed by atoms with E-state index in [2.05, 4.69) is 41.4 Å². The number of nitro groups is 2. The number of nitro benzene ring substituents is 2. The topological polar surface area (TPSA) is 288 Å². The Morgan fingerprint density at radius 3 is 1.37 bits per heavy atom. The van der Waals surface area contributed by atoms with Crippen LogP contribution < -0.4 is 9.47 Å². The number of esters is 3. The quantitative estimate of drug-likeness (QED) is 0.00911. The van der Waals surface area contributed by atoms with Crippen molar-refractivity contribution in [1.29, 1.82) is 5.26 Å². The molecular formula is C62H70BrN3O17Si. The maximum absolute atomic E-state index is 13.6. The molecule has 22 heteroatoms. The van der Waals surface area contributed by atoms with Crippen molar-refractivity contribution in [2.45, 2.75) is 102 Å². The van der Waals surface area contributed by atoms with Crippen molar-refractivity contribution >= 4 is 71.1 Å². The lowest BCUT2D eigenvalue weighted by molar-refractivity contribution is -0.385. The van der Waals surface area contributed by atoms with Crippen molar-refractivity contribution in [3.63, 3.8) is 0 Å². The minimum Gasteiger partial charge on any atom is -0.481 e. The SMILES string of the molecule is C.CC#N.CCCC(C(=O)O)c1ccccc1[N+](=O)[O-].COC(=O)C(Br)C(=O)c1ccc(Oc2ccccc2)cc1.COC(=O)C(OC(=O)C(CCO[Si](C)(C)C(C)(C)C)c1ccccc1[N+](=O)[O-])C(=O)c1ccc(Oc2ccccc2)cc1. The Morgan fingerprint density at radius 1 is 0.607 bits per heavy atom. The predicted octanol–water partition coefficient (Wildman–Crippen LogP) is 14.2. The number of carboxylic acids is 1. The zero-order valence-corrected chi connectivity index (χ0v) is 49.9. The minimum atomic E-state index is -2.21. The number of hydrogen-bond acceptors (Lipinski definition) is 17. The third-order valence-electron chi connectivity index (χ3n) is 12.6. The van der Waals surface area contributed by atoms with E-state index in [1.165, 1.54) is 62.6 Å². The summed E-state index contributed by atoms with van der Waals surface area (Å²) in [5.74, 6) is -4.48. The molecule has 0 bridgehead atoms. The van der Waals surface area contributed by atoms with Crippen molar-refractivity contribution in [2.75, 3.05) is 20.8 Å². The third kappa shape index (κ3) is 21.8. The molecule has 0 fully saturated rings. The number of alkyl halides is 1. The van der Waals surface area contributed by atoms with Gasteiger partial charge in [-0.25, -0.2) is 4.79 Å². The second-order valence-corrected chi connectivity index (χ2v) is 25.0. The lowest BCUT2D eigenvalue weighted by Crippen LogP contribution is -2.41. The zero-order valence-electron chi connectivity index (χ0n) is 47.3. The van der Waals surface area contributed by atoms with E-state index in [1.54, 1.807) is 66.7 Å². The van der Waals surface area contributed by atoms with Crippen LogP contribution in [0.5, 0.6) is 23.0 Å². The number of Topliss-reactive ketones (excluding diaryl/α,β-unsaturated/α-hetero) is 2. The molecule has 1 N–H and O–H groups in total. The summed E-state index contributed by atoms with van der Waals surface area (Å²) in [4.78, 5) is 94.6. The number of carbonyl (C=O) groups excluding carboxylic acids is 5. The van der Waals surface area contributed by atoms with Crippen LogP contribution in [0.25, 0.3) is 0 Å². The number of rotatable bonds is 23. The molecule has 0 aliphatic heterocycles. The van der Waals surface area contributed by atoms with Gasteiger partial charge in [0, 0.05) is 47.9 Å². The van der Waals surface area contributed by atoms with Gasteiger partial charge in [-0.3, -0.25) is 44.2 Å². The van der Waals surface area contributed by atoms with Crippen molar-refractivity contribution in [3.05, 3.63) is 200 Å². The number of aliphatic carboxylic acids is 1. The number of carbonyl (C=O) groups is 6. The lowest BCUT2D eigenvalue weighted by atomic mass is 9.93. The van der Waals surface area contributed by atoms with Crippen LogP contribution in [-0.2, 0) is 37.8 Å². The minimum absolute atomic E-state index is 0.